The van der Waals surface area contributed by atoms with Gasteiger partial charge >= 0.3 is 0 Å². The van der Waals surface area contributed by atoms with Crippen LogP contribution in [0, 0.1) is 0 Å². The molecule has 0 bridgehead atoms. The smallest absolute Gasteiger partial charge is 0.225 e. The fraction of sp³-hybridized carbons (Fsp3) is 0.562. The minimum absolute atomic E-state index is 0.116. The molecule has 1 unspecified atom stereocenters. The van der Waals surface area contributed by atoms with Crippen LogP contribution < -0.4 is 10.5 Å². The van der Waals surface area contributed by atoms with E-state index in [1.807, 2.05) is 29.2 Å². The minimum Gasteiger partial charge on any atom is -0.497 e. The minimum atomic E-state index is -0.199. The summed E-state index contributed by atoms with van der Waals surface area (Å²) in [5.74, 6) is 0.941. The number of ether oxygens (including phenoxy) is 2. The van der Waals surface area contributed by atoms with Gasteiger partial charge in [0.25, 0.3) is 0 Å². The Labute approximate surface area is 126 Å². The lowest BCUT2D eigenvalue weighted by Crippen LogP contribution is -2.37. The Balaban J connectivity index is 1.99. The summed E-state index contributed by atoms with van der Waals surface area (Å²) in [6, 6.07) is 8.21. The Kier molecular flexibility index (Phi) is 5.59. The number of methoxy groups -OCH3 is 2. The topological polar surface area (TPSA) is 64.8 Å². The molecule has 2 N–H and O–H groups in total. The molecule has 1 aromatic rings. The van der Waals surface area contributed by atoms with E-state index in [1.54, 1.807) is 14.2 Å². The van der Waals surface area contributed by atoms with Gasteiger partial charge in [-0.3, -0.25) is 4.79 Å². The zero-order valence-electron chi connectivity index (χ0n) is 12.7. The SMILES string of the molecule is COc1ccc(CN(C(=O)CC(CN)OC)C2CC2)cc1. The lowest BCUT2D eigenvalue weighted by Gasteiger charge is -2.24. The summed E-state index contributed by atoms with van der Waals surface area (Å²) in [7, 11) is 3.24. The van der Waals surface area contributed by atoms with Crippen LogP contribution in [0.1, 0.15) is 24.8 Å². The molecule has 0 saturated heterocycles. The van der Waals surface area contributed by atoms with E-state index in [9.17, 15) is 4.79 Å². The lowest BCUT2D eigenvalue weighted by atomic mass is 10.1. The molecule has 116 valence electrons. The summed E-state index contributed by atoms with van der Waals surface area (Å²) in [6.07, 6.45) is 2.32. The predicted octanol–water partition coefficient (Wildman–Crippen LogP) is 1.55. The van der Waals surface area contributed by atoms with Gasteiger partial charge in [-0.15, -0.1) is 0 Å². The van der Waals surface area contributed by atoms with E-state index >= 15 is 0 Å². The monoisotopic (exact) mass is 292 g/mol. The van der Waals surface area contributed by atoms with Crippen molar-refractivity contribution in [1.29, 1.82) is 0 Å². The van der Waals surface area contributed by atoms with Crippen LogP contribution in [0.5, 0.6) is 5.75 Å². The van der Waals surface area contributed by atoms with Crippen LogP contribution in [-0.4, -0.2) is 43.7 Å². The molecule has 1 amide bonds. The highest BCUT2D eigenvalue weighted by molar-refractivity contribution is 5.77. The van der Waals surface area contributed by atoms with Gasteiger partial charge in [0.05, 0.1) is 19.6 Å². The fourth-order valence-electron chi connectivity index (χ4n) is 2.31. The highest BCUT2D eigenvalue weighted by atomic mass is 16.5. The molecule has 0 radical (unpaired) electrons. The van der Waals surface area contributed by atoms with Crippen molar-refractivity contribution in [3.63, 3.8) is 0 Å². The molecule has 1 aromatic carbocycles. The summed E-state index contributed by atoms with van der Waals surface area (Å²) in [6.45, 7) is 0.998. The third kappa shape index (κ3) is 4.44. The maximum absolute atomic E-state index is 12.4. The average Bonchev–Trinajstić information content (AvgIpc) is 3.35. The highest BCUT2D eigenvalue weighted by Gasteiger charge is 2.33. The van der Waals surface area contributed by atoms with Crippen LogP contribution in [0.2, 0.25) is 0 Å². The van der Waals surface area contributed by atoms with Crippen LogP contribution in [0.4, 0.5) is 0 Å². The number of hydrogen-bond donors (Lipinski definition) is 1. The molecule has 1 aliphatic rings. The summed E-state index contributed by atoms with van der Waals surface area (Å²) in [4.78, 5) is 14.4. The molecule has 0 aliphatic heterocycles. The molecule has 0 heterocycles. The summed E-state index contributed by atoms with van der Waals surface area (Å²) in [5, 5.41) is 0. The van der Waals surface area contributed by atoms with Gasteiger partial charge in [-0.05, 0) is 30.5 Å². The van der Waals surface area contributed by atoms with Gasteiger partial charge in [0.1, 0.15) is 5.75 Å². The van der Waals surface area contributed by atoms with Crippen molar-refractivity contribution < 1.29 is 14.3 Å². The number of carbonyl (C=O) groups excluding carboxylic acids is 1. The third-order valence-electron chi connectivity index (χ3n) is 3.82. The van der Waals surface area contributed by atoms with Gasteiger partial charge in [0.2, 0.25) is 5.91 Å². The molecule has 1 saturated carbocycles. The Morgan fingerprint density at radius 2 is 2.00 bits per heavy atom. The molecule has 5 nitrogen and oxygen atoms in total. The van der Waals surface area contributed by atoms with Gasteiger partial charge < -0.3 is 20.1 Å². The third-order valence-corrected chi connectivity index (χ3v) is 3.82. The normalized spacial score (nSPS) is 15.6. The van der Waals surface area contributed by atoms with Crippen LogP contribution in [0.3, 0.4) is 0 Å². The van der Waals surface area contributed by atoms with Crippen molar-refractivity contribution in [2.45, 2.75) is 38.0 Å². The summed E-state index contributed by atoms with van der Waals surface area (Å²) in [5.41, 5.74) is 6.71. The van der Waals surface area contributed by atoms with Gasteiger partial charge in [0, 0.05) is 26.2 Å². The van der Waals surface area contributed by atoms with Crippen molar-refractivity contribution in [2.75, 3.05) is 20.8 Å². The van der Waals surface area contributed by atoms with E-state index in [1.165, 1.54) is 0 Å². The number of hydrogen-bond acceptors (Lipinski definition) is 4. The van der Waals surface area contributed by atoms with Gasteiger partial charge in [-0.2, -0.15) is 0 Å². The van der Waals surface area contributed by atoms with Gasteiger partial charge in [-0.1, -0.05) is 12.1 Å². The molecule has 1 atom stereocenters. The molecule has 0 spiro atoms. The van der Waals surface area contributed by atoms with E-state index in [0.29, 0.717) is 25.6 Å². The predicted molar refractivity (Wildman–Crippen MR) is 81.0 cm³/mol. The van der Waals surface area contributed by atoms with Crippen molar-refractivity contribution in [3.05, 3.63) is 29.8 Å². The van der Waals surface area contributed by atoms with Gasteiger partial charge in [0.15, 0.2) is 0 Å². The first-order chi connectivity index (χ1) is 10.2. The Hall–Kier alpha value is -1.59. The molecule has 1 aliphatic carbocycles. The lowest BCUT2D eigenvalue weighted by molar-refractivity contribution is -0.134. The average molecular weight is 292 g/mol. The highest BCUT2D eigenvalue weighted by Crippen LogP contribution is 2.29. The number of nitrogens with two attached hydrogens (primary N) is 1. The van der Waals surface area contributed by atoms with Crippen molar-refractivity contribution >= 4 is 5.91 Å². The second-order valence-corrected chi connectivity index (χ2v) is 5.40. The molecule has 0 aromatic heterocycles. The standard InChI is InChI=1S/C16H24N2O3/c1-20-14-7-3-12(4-8-14)11-18(13-5-6-13)16(19)9-15(10-17)21-2/h3-4,7-8,13,15H,5-6,9-11,17H2,1-2H3. The second-order valence-electron chi connectivity index (χ2n) is 5.40. The number of benzene rings is 1. The van der Waals surface area contributed by atoms with E-state index in [4.69, 9.17) is 15.2 Å². The van der Waals surface area contributed by atoms with E-state index < -0.39 is 0 Å². The molecule has 1 fully saturated rings. The molecular formula is C16H24N2O3. The number of carbonyl (C=O) groups is 1. The Bertz CT molecular complexity index is 453. The van der Waals surface area contributed by atoms with Gasteiger partial charge in [-0.25, -0.2) is 0 Å². The second kappa shape index (κ2) is 7.43. The Morgan fingerprint density at radius 1 is 1.33 bits per heavy atom. The summed E-state index contributed by atoms with van der Waals surface area (Å²) < 4.78 is 10.4. The zero-order valence-corrected chi connectivity index (χ0v) is 12.7. The first-order valence-electron chi connectivity index (χ1n) is 7.33. The van der Waals surface area contributed by atoms with E-state index in [2.05, 4.69) is 0 Å². The molecule has 5 heteroatoms. The summed E-state index contributed by atoms with van der Waals surface area (Å²) >= 11 is 0. The molecule has 21 heavy (non-hydrogen) atoms. The quantitative estimate of drug-likeness (QED) is 0.789. The van der Waals surface area contributed by atoms with Crippen molar-refractivity contribution in [1.82, 2.24) is 4.90 Å². The maximum atomic E-state index is 12.4. The van der Waals surface area contributed by atoms with Crippen molar-refractivity contribution in [2.24, 2.45) is 5.73 Å². The number of rotatable bonds is 8. The fourth-order valence-corrected chi connectivity index (χ4v) is 2.31. The Morgan fingerprint density at radius 3 is 2.48 bits per heavy atom. The van der Waals surface area contributed by atoms with E-state index in [-0.39, 0.29) is 12.0 Å². The molecular weight excluding hydrogens is 268 g/mol. The van der Waals surface area contributed by atoms with Crippen LogP contribution in [0.15, 0.2) is 24.3 Å². The zero-order chi connectivity index (χ0) is 15.2. The first kappa shape index (κ1) is 15.8. The largest absolute Gasteiger partial charge is 0.497 e. The van der Waals surface area contributed by atoms with Crippen LogP contribution in [0.25, 0.3) is 0 Å². The van der Waals surface area contributed by atoms with Crippen LogP contribution in [-0.2, 0) is 16.1 Å². The van der Waals surface area contributed by atoms with E-state index in [0.717, 1.165) is 24.2 Å². The maximum Gasteiger partial charge on any atom is 0.225 e. The number of nitrogens with zero attached hydrogens (tertiary/aromatic N) is 1. The van der Waals surface area contributed by atoms with Crippen LogP contribution >= 0.6 is 0 Å². The molecule has 2 rings (SSSR count). The number of amides is 1. The first-order valence-corrected chi connectivity index (χ1v) is 7.33. The van der Waals surface area contributed by atoms with Crippen molar-refractivity contribution in [3.8, 4) is 5.75 Å².